The molecule has 7 heteroatoms. The highest BCUT2D eigenvalue weighted by molar-refractivity contribution is 7.11. The highest BCUT2D eigenvalue weighted by atomic mass is 32.1. The first kappa shape index (κ1) is 17.5. The van der Waals surface area contributed by atoms with Crippen LogP contribution in [0.5, 0.6) is 0 Å². The topological polar surface area (TPSA) is 71.1 Å². The first-order valence-electron chi connectivity index (χ1n) is 8.35. The van der Waals surface area contributed by atoms with Gasteiger partial charge in [0.2, 0.25) is 0 Å². The Bertz CT molecular complexity index is 754. The summed E-state index contributed by atoms with van der Waals surface area (Å²) in [6.45, 7) is 1.81. The van der Waals surface area contributed by atoms with Crippen LogP contribution in [-0.4, -0.2) is 22.8 Å². The number of hydrogen-bond donors (Lipinski definition) is 2. The van der Waals surface area contributed by atoms with Crippen molar-refractivity contribution in [3.8, 4) is 0 Å². The van der Waals surface area contributed by atoms with Crippen LogP contribution in [0.3, 0.4) is 0 Å². The molecule has 1 aromatic carbocycles. The molecule has 1 fully saturated rings. The van der Waals surface area contributed by atoms with Crippen LogP contribution < -0.4 is 10.6 Å². The van der Waals surface area contributed by atoms with E-state index in [0.717, 1.165) is 42.6 Å². The number of halogens is 1. The van der Waals surface area contributed by atoms with Gasteiger partial charge in [0.15, 0.2) is 5.01 Å². The molecule has 3 rings (SSSR count). The molecule has 0 unspecified atom stereocenters. The number of nitrogens with one attached hydrogen (secondary N) is 2. The summed E-state index contributed by atoms with van der Waals surface area (Å²) in [6, 6.07) is 5.89. The summed E-state index contributed by atoms with van der Waals surface area (Å²) in [5, 5.41) is 7.65. The molecule has 5 nitrogen and oxygen atoms in total. The summed E-state index contributed by atoms with van der Waals surface area (Å²) >= 11 is 1.16. The molecule has 2 N–H and O–H groups in total. The minimum atomic E-state index is -0.354. The number of benzene rings is 1. The van der Waals surface area contributed by atoms with Crippen LogP contribution in [0.2, 0.25) is 0 Å². The zero-order chi connectivity index (χ0) is 17.8. The van der Waals surface area contributed by atoms with Gasteiger partial charge in [-0.1, -0.05) is 25.0 Å². The smallest absolute Gasteiger partial charge is 0.280 e. The van der Waals surface area contributed by atoms with Crippen LogP contribution in [0.4, 0.5) is 4.39 Å². The zero-order valence-electron chi connectivity index (χ0n) is 13.9. The molecule has 0 radical (unpaired) electrons. The van der Waals surface area contributed by atoms with Crippen LogP contribution in [0.25, 0.3) is 0 Å². The predicted molar refractivity (Wildman–Crippen MR) is 94.1 cm³/mol. The normalized spacial score (nSPS) is 15.8. The summed E-state index contributed by atoms with van der Waals surface area (Å²) in [5.41, 5.74) is 1.01. The summed E-state index contributed by atoms with van der Waals surface area (Å²) in [6.07, 6.45) is 4.27. The fourth-order valence-electron chi connectivity index (χ4n) is 2.90. The van der Waals surface area contributed by atoms with Gasteiger partial charge in [-0.15, -0.1) is 11.3 Å². The number of carbonyl (C=O) groups excluding carboxylic acids is 2. The molecule has 2 amide bonds. The van der Waals surface area contributed by atoms with Gasteiger partial charge in [-0.05, 0) is 37.5 Å². The van der Waals surface area contributed by atoms with Gasteiger partial charge in [0.1, 0.15) is 11.5 Å². The van der Waals surface area contributed by atoms with E-state index in [0.29, 0.717) is 5.01 Å². The van der Waals surface area contributed by atoms with Crippen molar-refractivity contribution in [1.29, 1.82) is 0 Å². The molecule has 25 heavy (non-hydrogen) atoms. The average molecular weight is 361 g/mol. The van der Waals surface area contributed by atoms with E-state index in [4.69, 9.17) is 0 Å². The van der Waals surface area contributed by atoms with Crippen molar-refractivity contribution in [3.05, 3.63) is 51.7 Å². The molecule has 0 saturated heterocycles. The van der Waals surface area contributed by atoms with Gasteiger partial charge in [-0.2, -0.15) is 0 Å². The number of aromatic nitrogens is 1. The summed E-state index contributed by atoms with van der Waals surface area (Å²) in [5.74, 6) is -0.893. The van der Waals surface area contributed by atoms with Gasteiger partial charge in [-0.3, -0.25) is 9.59 Å². The fourth-order valence-corrected chi connectivity index (χ4v) is 3.60. The zero-order valence-corrected chi connectivity index (χ0v) is 14.7. The lowest BCUT2D eigenvalue weighted by atomic mass is 10.1. The Hall–Kier alpha value is -2.28. The van der Waals surface area contributed by atoms with Crippen molar-refractivity contribution in [2.45, 2.75) is 44.7 Å². The largest absolute Gasteiger partial charge is 0.347 e. The molecule has 2 aromatic rings. The molecule has 1 heterocycles. The van der Waals surface area contributed by atoms with E-state index >= 15 is 0 Å². The van der Waals surface area contributed by atoms with Gasteiger partial charge in [0.05, 0.1) is 6.04 Å². The van der Waals surface area contributed by atoms with Crippen LogP contribution in [0.1, 0.15) is 64.5 Å². The van der Waals surface area contributed by atoms with Crippen LogP contribution >= 0.6 is 11.3 Å². The van der Waals surface area contributed by atoms with Crippen molar-refractivity contribution in [1.82, 2.24) is 15.6 Å². The molecule has 0 spiro atoms. The number of thiazole rings is 1. The number of rotatable bonds is 5. The van der Waals surface area contributed by atoms with Gasteiger partial charge in [0, 0.05) is 11.4 Å². The molecule has 1 aliphatic carbocycles. The molecule has 1 atom stereocenters. The SMILES string of the molecule is C[C@H](NC(=O)c1csc(C(=O)NC2CCCC2)n1)c1ccc(F)cc1. The Labute approximate surface area is 149 Å². The van der Waals surface area contributed by atoms with E-state index in [1.54, 1.807) is 17.5 Å². The maximum Gasteiger partial charge on any atom is 0.280 e. The molecule has 1 aliphatic rings. The van der Waals surface area contributed by atoms with Crippen molar-refractivity contribution < 1.29 is 14.0 Å². The van der Waals surface area contributed by atoms with Crippen LogP contribution in [-0.2, 0) is 0 Å². The molecular weight excluding hydrogens is 341 g/mol. The maximum absolute atomic E-state index is 13.0. The Morgan fingerprint density at radius 3 is 2.56 bits per heavy atom. The minimum Gasteiger partial charge on any atom is -0.347 e. The lowest BCUT2D eigenvalue weighted by Gasteiger charge is -2.13. The van der Waals surface area contributed by atoms with Gasteiger partial charge < -0.3 is 10.6 Å². The molecule has 1 aromatic heterocycles. The van der Waals surface area contributed by atoms with Crippen LogP contribution in [0.15, 0.2) is 29.6 Å². The number of carbonyl (C=O) groups is 2. The highest BCUT2D eigenvalue weighted by Crippen LogP contribution is 2.19. The average Bonchev–Trinajstić information content (AvgIpc) is 3.27. The third-order valence-electron chi connectivity index (χ3n) is 4.34. The van der Waals surface area contributed by atoms with E-state index < -0.39 is 0 Å². The van der Waals surface area contributed by atoms with Crippen molar-refractivity contribution in [3.63, 3.8) is 0 Å². The van der Waals surface area contributed by atoms with Crippen molar-refractivity contribution in [2.75, 3.05) is 0 Å². The second kappa shape index (κ2) is 7.74. The second-order valence-electron chi connectivity index (χ2n) is 6.24. The van der Waals surface area contributed by atoms with Crippen LogP contribution in [0, 0.1) is 5.82 Å². The predicted octanol–water partition coefficient (Wildman–Crippen LogP) is 3.45. The summed E-state index contributed by atoms with van der Waals surface area (Å²) in [7, 11) is 0. The van der Waals surface area contributed by atoms with Gasteiger partial charge >= 0.3 is 0 Å². The molecule has 132 valence electrons. The first-order chi connectivity index (χ1) is 12.0. The van der Waals surface area contributed by atoms with E-state index in [2.05, 4.69) is 15.6 Å². The third-order valence-corrected chi connectivity index (χ3v) is 5.18. The monoisotopic (exact) mass is 361 g/mol. The lowest BCUT2D eigenvalue weighted by molar-refractivity contribution is 0.0934. The molecule has 0 bridgehead atoms. The fraction of sp³-hybridized carbons (Fsp3) is 0.389. The summed E-state index contributed by atoms with van der Waals surface area (Å²) in [4.78, 5) is 28.6. The second-order valence-corrected chi connectivity index (χ2v) is 7.10. The Balaban J connectivity index is 1.59. The Morgan fingerprint density at radius 2 is 1.88 bits per heavy atom. The first-order valence-corrected chi connectivity index (χ1v) is 9.23. The number of nitrogens with zero attached hydrogens (tertiary/aromatic N) is 1. The minimum absolute atomic E-state index is 0.215. The molecule has 1 saturated carbocycles. The van der Waals surface area contributed by atoms with E-state index in [1.165, 1.54) is 12.1 Å². The van der Waals surface area contributed by atoms with E-state index in [1.807, 2.05) is 6.92 Å². The number of amides is 2. The van der Waals surface area contributed by atoms with Gasteiger partial charge in [0.25, 0.3) is 11.8 Å². The Kier molecular flexibility index (Phi) is 5.43. The quantitative estimate of drug-likeness (QED) is 0.857. The molecular formula is C18H20FN3O2S. The number of hydrogen-bond acceptors (Lipinski definition) is 4. The Morgan fingerprint density at radius 1 is 1.20 bits per heavy atom. The van der Waals surface area contributed by atoms with Gasteiger partial charge in [-0.25, -0.2) is 9.37 Å². The van der Waals surface area contributed by atoms with Crippen molar-refractivity contribution in [2.24, 2.45) is 0 Å². The van der Waals surface area contributed by atoms with Crippen molar-refractivity contribution >= 4 is 23.2 Å². The highest BCUT2D eigenvalue weighted by Gasteiger charge is 2.21. The standard InChI is InChI=1S/C18H20FN3O2S/c1-11(12-6-8-13(19)9-7-12)20-16(23)15-10-25-18(22-15)17(24)21-14-4-2-3-5-14/h6-11,14H,2-5H2,1H3,(H,20,23)(H,21,24)/t11-/m0/s1. The maximum atomic E-state index is 13.0. The summed E-state index contributed by atoms with van der Waals surface area (Å²) < 4.78 is 13.0. The lowest BCUT2D eigenvalue weighted by Crippen LogP contribution is -2.32. The molecule has 0 aliphatic heterocycles. The van der Waals surface area contributed by atoms with E-state index in [-0.39, 0.29) is 35.4 Å². The third kappa shape index (κ3) is 4.42. The van der Waals surface area contributed by atoms with E-state index in [9.17, 15) is 14.0 Å².